The normalized spacial score (nSPS) is 12.7. The number of carbonyl (C=O) groups is 1. The number of hydrogen-bond donors (Lipinski definition) is 1. The second-order valence-corrected chi connectivity index (χ2v) is 4.78. The lowest BCUT2D eigenvalue weighted by molar-refractivity contribution is 0.0185. The molecule has 0 spiro atoms. The first-order valence-corrected chi connectivity index (χ1v) is 6.85. The van der Waals surface area contributed by atoms with Gasteiger partial charge in [0.15, 0.2) is 0 Å². The van der Waals surface area contributed by atoms with Gasteiger partial charge in [-0.05, 0) is 12.1 Å². The Morgan fingerprint density at radius 3 is 2.76 bits per heavy atom. The highest BCUT2D eigenvalue weighted by atomic mass is 16.5. The molecule has 1 unspecified atom stereocenters. The van der Waals surface area contributed by atoms with E-state index in [0.29, 0.717) is 24.2 Å². The number of nitrogens with zero attached hydrogens (tertiary/aromatic N) is 2. The van der Waals surface area contributed by atoms with Crippen LogP contribution in [0.2, 0.25) is 0 Å². The van der Waals surface area contributed by atoms with Gasteiger partial charge >= 0.3 is 5.97 Å². The number of aromatic nitrogens is 2. The number of benzene rings is 1. The summed E-state index contributed by atoms with van der Waals surface area (Å²) in [6.07, 6.45) is 0.566. The van der Waals surface area contributed by atoms with E-state index in [0.717, 1.165) is 12.2 Å². The van der Waals surface area contributed by atoms with Crippen LogP contribution in [0.3, 0.4) is 0 Å². The van der Waals surface area contributed by atoms with Gasteiger partial charge in [-0.2, -0.15) is 0 Å². The second kappa shape index (κ2) is 6.69. The van der Waals surface area contributed by atoms with Crippen LogP contribution in [-0.4, -0.2) is 47.6 Å². The van der Waals surface area contributed by atoms with Crippen molar-refractivity contribution >= 4 is 17.0 Å². The van der Waals surface area contributed by atoms with Gasteiger partial charge in [-0.15, -0.1) is 0 Å². The molecule has 1 heterocycles. The fourth-order valence-electron chi connectivity index (χ4n) is 2.46. The predicted octanol–water partition coefficient (Wildman–Crippen LogP) is 1.96. The molecule has 0 amide bonds. The molecule has 114 valence electrons. The van der Waals surface area contributed by atoms with Crippen LogP contribution >= 0.6 is 0 Å². The lowest BCUT2D eigenvalue weighted by Crippen LogP contribution is -2.25. The second-order valence-electron chi connectivity index (χ2n) is 4.78. The molecule has 1 aromatic heterocycles. The van der Waals surface area contributed by atoms with Crippen LogP contribution < -0.4 is 0 Å². The van der Waals surface area contributed by atoms with Crippen LogP contribution in [0, 0.1) is 0 Å². The molecule has 0 aliphatic carbocycles. The van der Waals surface area contributed by atoms with Crippen LogP contribution in [0.4, 0.5) is 0 Å². The Morgan fingerprint density at radius 2 is 2.19 bits per heavy atom. The number of imidazole rings is 1. The van der Waals surface area contributed by atoms with Crippen molar-refractivity contribution in [3.05, 3.63) is 29.6 Å². The summed E-state index contributed by atoms with van der Waals surface area (Å²) in [6, 6.07) is 5.14. The Bertz CT molecular complexity index is 636. The Morgan fingerprint density at radius 1 is 1.43 bits per heavy atom. The van der Waals surface area contributed by atoms with Crippen LogP contribution in [-0.2, 0) is 22.4 Å². The van der Waals surface area contributed by atoms with Crippen LogP contribution in [0.5, 0.6) is 0 Å². The minimum absolute atomic E-state index is 0.153. The summed E-state index contributed by atoms with van der Waals surface area (Å²) >= 11 is 0. The molecular formula is C15H20N2O4. The topological polar surface area (TPSA) is 73.6 Å². The summed E-state index contributed by atoms with van der Waals surface area (Å²) in [5.74, 6) is -0.109. The molecular weight excluding hydrogens is 272 g/mol. The van der Waals surface area contributed by atoms with E-state index in [2.05, 4.69) is 4.98 Å². The summed E-state index contributed by atoms with van der Waals surface area (Å²) in [4.78, 5) is 16.0. The first-order chi connectivity index (χ1) is 10.1. The number of hydrogen-bond acceptors (Lipinski definition) is 4. The average Bonchev–Trinajstić information content (AvgIpc) is 2.84. The molecule has 1 atom stereocenters. The molecule has 1 aromatic carbocycles. The number of carboxylic acid groups (broad SMARTS) is 1. The molecule has 0 fully saturated rings. The van der Waals surface area contributed by atoms with E-state index >= 15 is 0 Å². The maximum atomic E-state index is 11.4. The van der Waals surface area contributed by atoms with Gasteiger partial charge in [-0.3, -0.25) is 0 Å². The maximum Gasteiger partial charge on any atom is 0.337 e. The van der Waals surface area contributed by atoms with E-state index in [-0.39, 0.29) is 11.7 Å². The molecule has 0 saturated heterocycles. The molecule has 2 rings (SSSR count). The highest BCUT2D eigenvalue weighted by Crippen LogP contribution is 2.22. The van der Waals surface area contributed by atoms with Crippen molar-refractivity contribution in [2.45, 2.75) is 26.0 Å². The van der Waals surface area contributed by atoms with Gasteiger partial charge in [0.25, 0.3) is 0 Å². The van der Waals surface area contributed by atoms with E-state index in [1.54, 1.807) is 26.4 Å². The summed E-state index contributed by atoms with van der Waals surface area (Å²) < 4.78 is 12.4. The van der Waals surface area contributed by atoms with Crippen molar-refractivity contribution in [2.75, 3.05) is 20.8 Å². The Kier molecular flexibility index (Phi) is 4.93. The Labute approximate surface area is 123 Å². The summed E-state index contributed by atoms with van der Waals surface area (Å²) in [5, 5.41) is 9.39. The number of aromatic carboxylic acids is 1. The quantitative estimate of drug-likeness (QED) is 0.844. The van der Waals surface area contributed by atoms with E-state index in [1.165, 1.54) is 0 Å². The molecule has 0 saturated carbocycles. The maximum absolute atomic E-state index is 11.4. The third kappa shape index (κ3) is 3.06. The molecule has 0 bridgehead atoms. The molecule has 21 heavy (non-hydrogen) atoms. The van der Waals surface area contributed by atoms with Crippen molar-refractivity contribution in [1.29, 1.82) is 0 Å². The van der Waals surface area contributed by atoms with E-state index < -0.39 is 5.97 Å². The molecule has 2 aromatic rings. The smallest absolute Gasteiger partial charge is 0.337 e. The molecule has 6 heteroatoms. The minimum atomic E-state index is -0.954. The van der Waals surface area contributed by atoms with Crippen LogP contribution in [0.25, 0.3) is 11.0 Å². The fourth-order valence-corrected chi connectivity index (χ4v) is 2.46. The largest absolute Gasteiger partial charge is 0.478 e. The number of carboxylic acids is 1. The van der Waals surface area contributed by atoms with E-state index in [9.17, 15) is 9.90 Å². The van der Waals surface area contributed by atoms with Gasteiger partial charge in [-0.1, -0.05) is 13.0 Å². The van der Waals surface area contributed by atoms with Gasteiger partial charge in [0.1, 0.15) is 5.82 Å². The van der Waals surface area contributed by atoms with Gasteiger partial charge in [0, 0.05) is 20.6 Å². The van der Waals surface area contributed by atoms with E-state index in [1.807, 2.05) is 17.6 Å². The molecule has 1 N–H and O–H groups in total. The number of aryl methyl sites for hydroxylation is 1. The van der Waals surface area contributed by atoms with Crippen molar-refractivity contribution in [3.63, 3.8) is 0 Å². The summed E-state index contributed by atoms with van der Waals surface area (Å²) in [6.45, 7) is 2.94. The number of para-hydroxylation sites is 1. The molecule has 6 nitrogen and oxygen atoms in total. The fraction of sp³-hybridized carbons (Fsp3) is 0.467. The lowest BCUT2D eigenvalue weighted by Gasteiger charge is -2.17. The average molecular weight is 292 g/mol. The first kappa shape index (κ1) is 15.5. The SMILES string of the molecule is CCc1nc2cccc(C(=O)O)c2n1CC(COC)OC. The van der Waals surface area contributed by atoms with Gasteiger partial charge in [-0.25, -0.2) is 9.78 Å². The van der Waals surface area contributed by atoms with Crippen LogP contribution in [0.15, 0.2) is 18.2 Å². The monoisotopic (exact) mass is 292 g/mol. The summed E-state index contributed by atoms with van der Waals surface area (Å²) in [7, 11) is 3.23. The molecule has 0 aliphatic heterocycles. The lowest BCUT2D eigenvalue weighted by atomic mass is 10.2. The Hall–Kier alpha value is -1.92. The van der Waals surface area contributed by atoms with Gasteiger partial charge in [0.2, 0.25) is 0 Å². The zero-order valence-electron chi connectivity index (χ0n) is 12.5. The Balaban J connectivity index is 2.56. The summed E-state index contributed by atoms with van der Waals surface area (Å²) in [5.41, 5.74) is 1.59. The van der Waals surface area contributed by atoms with Gasteiger partial charge < -0.3 is 19.1 Å². The third-order valence-electron chi connectivity index (χ3n) is 3.46. The van der Waals surface area contributed by atoms with Gasteiger partial charge in [0.05, 0.1) is 35.9 Å². The minimum Gasteiger partial charge on any atom is -0.478 e. The van der Waals surface area contributed by atoms with Crippen LogP contribution in [0.1, 0.15) is 23.1 Å². The van der Waals surface area contributed by atoms with E-state index in [4.69, 9.17) is 9.47 Å². The predicted molar refractivity (Wildman–Crippen MR) is 78.7 cm³/mol. The highest BCUT2D eigenvalue weighted by Gasteiger charge is 2.19. The number of fused-ring (bicyclic) bond motifs is 1. The van der Waals surface area contributed by atoms with Crippen molar-refractivity contribution in [3.8, 4) is 0 Å². The zero-order chi connectivity index (χ0) is 15.4. The molecule has 0 radical (unpaired) electrons. The zero-order valence-corrected chi connectivity index (χ0v) is 12.5. The standard InChI is InChI=1S/C15H20N2O4/c1-4-13-16-12-7-5-6-11(15(18)19)14(12)17(13)8-10(21-3)9-20-2/h5-7,10H,4,8-9H2,1-3H3,(H,18,19). The van der Waals surface area contributed by atoms with Crippen molar-refractivity contribution < 1.29 is 19.4 Å². The van der Waals surface area contributed by atoms with Crippen molar-refractivity contribution in [1.82, 2.24) is 9.55 Å². The number of ether oxygens (including phenoxy) is 2. The number of methoxy groups -OCH3 is 2. The number of rotatable bonds is 7. The molecule has 0 aliphatic rings. The third-order valence-corrected chi connectivity index (χ3v) is 3.46. The highest BCUT2D eigenvalue weighted by molar-refractivity contribution is 6.01. The first-order valence-electron chi connectivity index (χ1n) is 6.85. The van der Waals surface area contributed by atoms with Crippen molar-refractivity contribution in [2.24, 2.45) is 0 Å².